The summed E-state index contributed by atoms with van der Waals surface area (Å²) in [5.41, 5.74) is 1.04. The Labute approximate surface area is 86.1 Å². The lowest BCUT2D eigenvalue weighted by atomic mass is 10.2. The maximum absolute atomic E-state index is 10.8. The summed E-state index contributed by atoms with van der Waals surface area (Å²) in [7, 11) is 0. The van der Waals surface area contributed by atoms with Crippen LogP contribution in [0, 0.1) is 6.92 Å². The van der Waals surface area contributed by atoms with E-state index in [-0.39, 0.29) is 5.97 Å². The van der Waals surface area contributed by atoms with E-state index in [1.807, 2.05) is 31.2 Å². The van der Waals surface area contributed by atoms with Gasteiger partial charge >= 0.3 is 5.97 Å². The highest BCUT2D eigenvalue weighted by atomic mass is 32.1. The summed E-state index contributed by atoms with van der Waals surface area (Å²) in [5, 5.41) is 1.87. The highest BCUT2D eigenvalue weighted by molar-refractivity contribution is 7.21. The Morgan fingerprint density at radius 2 is 2.07 bits per heavy atom. The van der Waals surface area contributed by atoms with Gasteiger partial charge in [-0.25, -0.2) is 0 Å². The van der Waals surface area contributed by atoms with E-state index >= 15 is 0 Å². The number of aryl methyl sites for hydroxylation is 1. The van der Waals surface area contributed by atoms with Crippen LogP contribution >= 0.6 is 11.3 Å². The average Bonchev–Trinajstić information content (AvgIpc) is 2.44. The molecule has 0 bridgehead atoms. The van der Waals surface area contributed by atoms with Crippen molar-refractivity contribution in [2.24, 2.45) is 0 Å². The van der Waals surface area contributed by atoms with Crippen LogP contribution in [-0.2, 0) is 4.79 Å². The van der Waals surface area contributed by atoms with E-state index in [1.165, 1.54) is 18.3 Å². The van der Waals surface area contributed by atoms with Crippen molar-refractivity contribution in [2.45, 2.75) is 13.8 Å². The number of hydrogen-bond acceptors (Lipinski definition) is 3. The van der Waals surface area contributed by atoms with Gasteiger partial charge in [0.2, 0.25) is 0 Å². The third-order valence-electron chi connectivity index (χ3n) is 2.04. The van der Waals surface area contributed by atoms with E-state index in [0.29, 0.717) is 5.06 Å². The van der Waals surface area contributed by atoms with Crippen LogP contribution < -0.4 is 4.74 Å². The van der Waals surface area contributed by atoms with E-state index in [1.54, 1.807) is 0 Å². The molecule has 1 aromatic carbocycles. The van der Waals surface area contributed by atoms with E-state index in [2.05, 4.69) is 0 Å². The van der Waals surface area contributed by atoms with E-state index < -0.39 is 0 Å². The van der Waals surface area contributed by atoms with Crippen LogP contribution in [0.2, 0.25) is 0 Å². The van der Waals surface area contributed by atoms with Gasteiger partial charge in [-0.1, -0.05) is 29.5 Å². The minimum absolute atomic E-state index is 0.264. The fourth-order valence-electron chi connectivity index (χ4n) is 1.38. The maximum Gasteiger partial charge on any atom is 0.308 e. The first-order valence-electron chi connectivity index (χ1n) is 4.35. The predicted molar refractivity (Wildman–Crippen MR) is 57.9 cm³/mol. The lowest BCUT2D eigenvalue weighted by Gasteiger charge is -1.96. The highest BCUT2D eigenvalue weighted by Crippen LogP contribution is 2.36. The Morgan fingerprint density at radius 3 is 2.71 bits per heavy atom. The standard InChI is InChI=1S/C11H10O2S/c1-7-9-5-3-4-6-10(9)14-11(7)13-8(2)12/h3-6H,1-2H3. The predicted octanol–water partition coefficient (Wildman–Crippen LogP) is 3.14. The number of rotatable bonds is 1. The number of carbonyl (C=O) groups excluding carboxylic acids is 1. The Hall–Kier alpha value is -1.35. The van der Waals surface area contributed by atoms with Gasteiger partial charge in [-0.05, 0) is 18.4 Å². The molecule has 2 nitrogen and oxygen atoms in total. The molecule has 0 unspecified atom stereocenters. The van der Waals surface area contributed by atoms with Crippen LogP contribution in [0.1, 0.15) is 12.5 Å². The topological polar surface area (TPSA) is 26.3 Å². The molecule has 2 rings (SSSR count). The minimum Gasteiger partial charge on any atom is -0.415 e. The lowest BCUT2D eigenvalue weighted by Crippen LogP contribution is -2.00. The molecule has 3 heteroatoms. The largest absolute Gasteiger partial charge is 0.415 e. The molecule has 0 aliphatic carbocycles. The van der Waals surface area contributed by atoms with Crippen molar-refractivity contribution in [2.75, 3.05) is 0 Å². The van der Waals surface area contributed by atoms with Gasteiger partial charge < -0.3 is 4.74 Å². The van der Waals surface area contributed by atoms with Crippen LogP contribution in [0.4, 0.5) is 0 Å². The summed E-state index contributed by atoms with van der Waals surface area (Å²) >= 11 is 1.51. The average molecular weight is 206 g/mol. The smallest absolute Gasteiger partial charge is 0.308 e. The van der Waals surface area contributed by atoms with Gasteiger partial charge in [0.15, 0.2) is 5.06 Å². The molecular weight excluding hydrogens is 196 g/mol. The molecule has 0 saturated heterocycles. The van der Waals surface area contributed by atoms with Crippen LogP contribution in [0.5, 0.6) is 5.06 Å². The molecule has 0 radical (unpaired) electrons. The summed E-state index contributed by atoms with van der Waals surface area (Å²) in [4.78, 5) is 10.8. The van der Waals surface area contributed by atoms with Crippen molar-refractivity contribution in [3.8, 4) is 5.06 Å². The summed E-state index contributed by atoms with van der Waals surface area (Å²) in [6.07, 6.45) is 0. The molecule has 0 atom stereocenters. The Morgan fingerprint density at radius 1 is 1.36 bits per heavy atom. The van der Waals surface area contributed by atoms with Gasteiger partial charge in [0.1, 0.15) is 0 Å². The quantitative estimate of drug-likeness (QED) is 0.670. The van der Waals surface area contributed by atoms with Gasteiger partial charge in [-0.2, -0.15) is 0 Å². The van der Waals surface area contributed by atoms with Gasteiger partial charge in [-0.3, -0.25) is 4.79 Å². The number of hydrogen-bond donors (Lipinski definition) is 0. The van der Waals surface area contributed by atoms with Crippen molar-refractivity contribution in [3.63, 3.8) is 0 Å². The van der Waals surface area contributed by atoms with Crippen LogP contribution in [0.25, 0.3) is 10.1 Å². The summed E-state index contributed by atoms with van der Waals surface area (Å²) in [6, 6.07) is 8.03. The zero-order valence-corrected chi connectivity index (χ0v) is 8.85. The maximum atomic E-state index is 10.8. The van der Waals surface area contributed by atoms with Crippen molar-refractivity contribution in [1.29, 1.82) is 0 Å². The molecule has 0 aliphatic rings. The third-order valence-corrected chi connectivity index (χ3v) is 3.19. The van der Waals surface area contributed by atoms with Gasteiger partial charge in [-0.15, -0.1) is 0 Å². The molecule has 1 heterocycles. The SMILES string of the molecule is CC(=O)Oc1sc2ccccc2c1C. The van der Waals surface area contributed by atoms with Gasteiger partial charge in [0.25, 0.3) is 0 Å². The number of fused-ring (bicyclic) bond motifs is 1. The second-order valence-electron chi connectivity index (χ2n) is 3.10. The molecule has 0 fully saturated rings. The second-order valence-corrected chi connectivity index (χ2v) is 4.12. The van der Waals surface area contributed by atoms with Crippen LogP contribution in [0.15, 0.2) is 24.3 Å². The monoisotopic (exact) mass is 206 g/mol. The molecule has 1 aromatic heterocycles. The molecule has 2 aromatic rings. The normalized spacial score (nSPS) is 10.4. The molecule has 0 spiro atoms. The number of thiophene rings is 1. The Bertz CT molecular complexity index is 485. The fraction of sp³-hybridized carbons (Fsp3) is 0.182. The van der Waals surface area contributed by atoms with Crippen LogP contribution in [0.3, 0.4) is 0 Å². The zero-order chi connectivity index (χ0) is 10.1. The van der Waals surface area contributed by atoms with Crippen molar-refractivity contribution in [3.05, 3.63) is 29.8 Å². The zero-order valence-electron chi connectivity index (χ0n) is 8.03. The molecule has 0 amide bonds. The second kappa shape index (κ2) is 3.42. The Kier molecular flexibility index (Phi) is 2.25. The molecule has 0 aliphatic heterocycles. The van der Waals surface area contributed by atoms with Crippen molar-refractivity contribution < 1.29 is 9.53 Å². The summed E-state index contributed by atoms with van der Waals surface area (Å²) in [6.45, 7) is 3.39. The molecule has 0 saturated carbocycles. The van der Waals surface area contributed by atoms with Gasteiger partial charge in [0.05, 0.1) is 0 Å². The molecular formula is C11H10O2S. The molecule has 14 heavy (non-hydrogen) atoms. The number of carbonyl (C=O) groups is 1. The lowest BCUT2D eigenvalue weighted by molar-refractivity contribution is -0.131. The first-order valence-corrected chi connectivity index (χ1v) is 5.16. The Balaban J connectivity index is 2.57. The first kappa shape index (κ1) is 9.21. The first-order chi connectivity index (χ1) is 6.68. The molecule has 0 N–H and O–H groups in total. The van der Waals surface area contributed by atoms with Crippen molar-refractivity contribution in [1.82, 2.24) is 0 Å². The summed E-state index contributed by atoms with van der Waals surface area (Å²) in [5.74, 6) is -0.264. The number of esters is 1. The highest BCUT2D eigenvalue weighted by Gasteiger charge is 2.09. The van der Waals surface area contributed by atoms with Crippen LogP contribution in [-0.4, -0.2) is 5.97 Å². The fourth-order valence-corrected chi connectivity index (χ4v) is 2.48. The number of benzene rings is 1. The third kappa shape index (κ3) is 1.51. The number of ether oxygens (including phenoxy) is 1. The summed E-state index contributed by atoms with van der Waals surface area (Å²) < 4.78 is 6.26. The van der Waals surface area contributed by atoms with Gasteiger partial charge in [0, 0.05) is 17.2 Å². The van der Waals surface area contributed by atoms with E-state index in [9.17, 15) is 4.79 Å². The van der Waals surface area contributed by atoms with Crippen molar-refractivity contribution >= 4 is 27.4 Å². The van der Waals surface area contributed by atoms with E-state index in [0.717, 1.165) is 15.6 Å². The minimum atomic E-state index is -0.264. The molecule has 72 valence electrons. The van der Waals surface area contributed by atoms with E-state index in [4.69, 9.17) is 4.74 Å².